The lowest BCUT2D eigenvalue weighted by atomic mass is 9.94. The van der Waals surface area contributed by atoms with E-state index in [1.54, 1.807) is 0 Å². The quantitative estimate of drug-likeness (QED) is 0.327. The minimum Gasteiger partial charge on any atom is -0.508 e. The second-order valence-electron chi connectivity index (χ2n) is 6.89. The number of phenolic OH excluding ortho intramolecular Hbond substituents is 3. The summed E-state index contributed by atoms with van der Waals surface area (Å²) in [6, 6.07) is 6.74. The van der Waals surface area contributed by atoms with Crippen LogP contribution in [-0.2, 0) is 11.2 Å². The molecule has 3 rings (SSSR count). The summed E-state index contributed by atoms with van der Waals surface area (Å²) in [5.41, 5.74) is 0.829. The van der Waals surface area contributed by atoms with Crippen molar-refractivity contribution in [3.63, 3.8) is 0 Å². The van der Waals surface area contributed by atoms with E-state index >= 15 is 0 Å². The fourth-order valence-corrected chi connectivity index (χ4v) is 3.16. The van der Waals surface area contributed by atoms with Crippen molar-refractivity contribution in [3.8, 4) is 28.7 Å². The predicted octanol–water partition coefficient (Wildman–Crippen LogP) is 3.55. The first kappa shape index (κ1) is 20.6. The lowest BCUT2D eigenvalue weighted by Crippen LogP contribution is -2.30. The number of fused-ring (bicyclic) bond motifs is 1. The molecular formula is C21H24O8. The first-order chi connectivity index (χ1) is 13.9. The van der Waals surface area contributed by atoms with Crippen molar-refractivity contribution in [3.05, 3.63) is 41.5 Å². The normalized spacial score (nSPS) is 17.9. The van der Waals surface area contributed by atoms with Gasteiger partial charge in [-0.05, 0) is 24.1 Å². The summed E-state index contributed by atoms with van der Waals surface area (Å²) < 4.78 is 15.8. The van der Waals surface area contributed by atoms with Crippen LogP contribution in [0.3, 0.4) is 0 Å². The topological polar surface area (TPSA) is 126 Å². The zero-order valence-corrected chi connectivity index (χ0v) is 16.0. The molecule has 8 heteroatoms. The van der Waals surface area contributed by atoms with Gasteiger partial charge in [0.15, 0.2) is 11.5 Å². The molecule has 0 saturated heterocycles. The number of ether oxygens (including phenoxy) is 3. The van der Waals surface area contributed by atoms with Crippen molar-refractivity contribution in [1.29, 1.82) is 0 Å². The van der Waals surface area contributed by atoms with E-state index in [-0.39, 0.29) is 41.8 Å². The average Bonchev–Trinajstić information content (AvgIpc) is 2.67. The lowest BCUT2D eigenvalue weighted by molar-refractivity contribution is 0.0196. The van der Waals surface area contributed by atoms with Crippen molar-refractivity contribution in [2.75, 3.05) is 6.61 Å². The molecule has 156 valence electrons. The summed E-state index contributed by atoms with van der Waals surface area (Å²) in [6.07, 6.45) is -0.0507. The third-order valence-corrected chi connectivity index (χ3v) is 4.66. The second-order valence-corrected chi connectivity index (χ2v) is 6.89. The van der Waals surface area contributed by atoms with E-state index in [2.05, 4.69) is 0 Å². The Morgan fingerprint density at radius 3 is 2.69 bits per heavy atom. The number of unbranched alkanes of at least 4 members (excludes halogenated alkanes) is 2. The molecule has 29 heavy (non-hydrogen) atoms. The molecule has 2 aromatic carbocycles. The van der Waals surface area contributed by atoms with Crippen LogP contribution in [0.2, 0.25) is 0 Å². The van der Waals surface area contributed by atoms with Crippen LogP contribution >= 0.6 is 0 Å². The van der Waals surface area contributed by atoms with Crippen LogP contribution in [0.25, 0.3) is 0 Å². The molecule has 1 aliphatic rings. The predicted molar refractivity (Wildman–Crippen MR) is 102 cm³/mol. The molecule has 0 bridgehead atoms. The average molecular weight is 404 g/mol. The van der Waals surface area contributed by atoms with Gasteiger partial charge in [0.1, 0.15) is 23.4 Å². The third kappa shape index (κ3) is 4.83. The minimum absolute atomic E-state index is 0.0999. The number of rotatable bonds is 6. The van der Waals surface area contributed by atoms with Gasteiger partial charge in [0.05, 0.1) is 12.7 Å². The zero-order valence-electron chi connectivity index (χ0n) is 16.0. The number of aromatic hydroxyl groups is 3. The molecule has 2 atom stereocenters. The van der Waals surface area contributed by atoms with Crippen LogP contribution in [0.1, 0.15) is 43.4 Å². The summed E-state index contributed by atoms with van der Waals surface area (Å²) in [5, 5.41) is 40.1. The maximum Gasteiger partial charge on any atom is 0.513 e. The Bertz CT molecular complexity index is 879. The molecule has 1 heterocycles. The van der Waals surface area contributed by atoms with Crippen molar-refractivity contribution in [1.82, 2.24) is 0 Å². The van der Waals surface area contributed by atoms with Gasteiger partial charge < -0.3 is 34.6 Å². The van der Waals surface area contributed by atoms with E-state index in [4.69, 9.17) is 14.2 Å². The fourth-order valence-electron chi connectivity index (χ4n) is 3.16. The number of benzene rings is 2. The molecule has 0 radical (unpaired) electrons. The van der Waals surface area contributed by atoms with Crippen LogP contribution in [0.5, 0.6) is 28.7 Å². The molecular weight excluding hydrogens is 380 g/mol. The van der Waals surface area contributed by atoms with Crippen LogP contribution in [0.15, 0.2) is 30.3 Å². The number of aliphatic hydroxyl groups excluding tert-OH is 1. The maximum atomic E-state index is 11.8. The maximum absolute atomic E-state index is 11.8. The van der Waals surface area contributed by atoms with Crippen molar-refractivity contribution >= 4 is 6.16 Å². The Morgan fingerprint density at radius 2 is 1.93 bits per heavy atom. The smallest absolute Gasteiger partial charge is 0.508 e. The molecule has 8 nitrogen and oxygen atoms in total. The van der Waals surface area contributed by atoms with Gasteiger partial charge in [0, 0.05) is 24.1 Å². The number of hydrogen-bond acceptors (Lipinski definition) is 8. The molecule has 0 amide bonds. The van der Waals surface area contributed by atoms with Crippen LogP contribution in [0, 0.1) is 0 Å². The van der Waals surface area contributed by atoms with E-state index in [0.717, 1.165) is 19.3 Å². The van der Waals surface area contributed by atoms with E-state index < -0.39 is 18.4 Å². The Balaban J connectivity index is 1.76. The van der Waals surface area contributed by atoms with Crippen LogP contribution in [-0.4, -0.2) is 39.3 Å². The second kappa shape index (κ2) is 8.91. The molecule has 0 aliphatic carbocycles. The highest BCUT2D eigenvalue weighted by atomic mass is 16.7. The largest absolute Gasteiger partial charge is 0.513 e. The summed E-state index contributed by atoms with van der Waals surface area (Å²) in [4.78, 5) is 11.8. The van der Waals surface area contributed by atoms with Gasteiger partial charge >= 0.3 is 6.16 Å². The number of phenols is 3. The van der Waals surface area contributed by atoms with Gasteiger partial charge in [0.2, 0.25) is 0 Å². The Kier molecular flexibility index (Phi) is 6.33. The van der Waals surface area contributed by atoms with Gasteiger partial charge in [-0.15, -0.1) is 0 Å². The SMILES string of the molecule is CCCCCOC(=O)Oc1cc([C@H]2Oc3cc(O)cc(O)c3C[C@H]2O)ccc1O. The van der Waals surface area contributed by atoms with E-state index in [9.17, 15) is 25.2 Å². The molecule has 0 saturated carbocycles. The van der Waals surface area contributed by atoms with E-state index in [1.807, 2.05) is 6.92 Å². The van der Waals surface area contributed by atoms with Gasteiger partial charge in [-0.25, -0.2) is 4.79 Å². The van der Waals surface area contributed by atoms with E-state index in [0.29, 0.717) is 11.1 Å². The first-order valence-corrected chi connectivity index (χ1v) is 9.46. The monoisotopic (exact) mass is 404 g/mol. The van der Waals surface area contributed by atoms with E-state index in [1.165, 1.54) is 30.3 Å². The standard InChI is InChI=1S/C21H24O8/c1-2-3-4-7-27-21(26)29-19-8-12(5-6-15(19)23)20-17(25)11-14-16(24)9-13(22)10-18(14)28-20/h5-6,8-10,17,20,22-25H,2-4,7,11H2,1H3/t17-,20-/m1/s1. The Labute approximate surface area is 167 Å². The van der Waals surface area contributed by atoms with Crippen LogP contribution < -0.4 is 9.47 Å². The number of hydrogen-bond donors (Lipinski definition) is 4. The Morgan fingerprint density at radius 1 is 1.14 bits per heavy atom. The van der Waals surface area contributed by atoms with Crippen LogP contribution in [0.4, 0.5) is 4.79 Å². The van der Waals surface area contributed by atoms with Gasteiger partial charge in [0.25, 0.3) is 0 Å². The number of carbonyl (C=O) groups is 1. The summed E-state index contributed by atoms with van der Waals surface area (Å²) in [6.45, 7) is 2.26. The molecule has 0 fully saturated rings. The number of carbonyl (C=O) groups excluding carboxylic acids is 1. The molecule has 4 N–H and O–H groups in total. The van der Waals surface area contributed by atoms with Gasteiger partial charge in [-0.3, -0.25) is 0 Å². The summed E-state index contributed by atoms with van der Waals surface area (Å²) >= 11 is 0. The van der Waals surface area contributed by atoms with Crippen molar-refractivity contribution < 1.29 is 39.4 Å². The highest BCUT2D eigenvalue weighted by molar-refractivity contribution is 5.65. The highest BCUT2D eigenvalue weighted by Crippen LogP contribution is 2.42. The Hall–Kier alpha value is -3.13. The van der Waals surface area contributed by atoms with Crippen molar-refractivity contribution in [2.24, 2.45) is 0 Å². The molecule has 1 aliphatic heterocycles. The molecule has 0 spiro atoms. The van der Waals surface area contributed by atoms with Crippen molar-refractivity contribution in [2.45, 2.75) is 44.8 Å². The lowest BCUT2D eigenvalue weighted by Gasteiger charge is -2.31. The minimum atomic E-state index is -1.00. The highest BCUT2D eigenvalue weighted by Gasteiger charge is 2.32. The summed E-state index contributed by atoms with van der Waals surface area (Å²) in [5.74, 6) is -0.484. The molecule has 0 unspecified atom stereocenters. The first-order valence-electron chi connectivity index (χ1n) is 9.46. The van der Waals surface area contributed by atoms with Gasteiger partial charge in [-0.2, -0.15) is 0 Å². The molecule has 2 aromatic rings. The summed E-state index contributed by atoms with van der Waals surface area (Å²) in [7, 11) is 0. The molecule has 0 aromatic heterocycles. The zero-order chi connectivity index (χ0) is 21.0. The third-order valence-electron chi connectivity index (χ3n) is 4.66. The fraction of sp³-hybridized carbons (Fsp3) is 0.381. The van der Waals surface area contributed by atoms with Gasteiger partial charge in [-0.1, -0.05) is 25.8 Å². The number of aliphatic hydroxyl groups is 1.